The van der Waals surface area contributed by atoms with E-state index < -0.39 is 10.1 Å². The molecule has 4 nitrogen and oxygen atoms in total. The minimum Gasteiger partial charge on any atom is -0.265 e. The number of aromatic nitrogens is 1. The summed E-state index contributed by atoms with van der Waals surface area (Å²) in [4.78, 5) is 3.89. The normalized spacial score (nSPS) is 11.6. The van der Waals surface area contributed by atoms with Crippen molar-refractivity contribution < 1.29 is 12.6 Å². The monoisotopic (exact) mass is 343 g/mol. The van der Waals surface area contributed by atoms with Crippen LogP contribution < -0.4 is 0 Å². The largest absolute Gasteiger partial charge is 0.265 e. The van der Waals surface area contributed by atoms with Gasteiger partial charge in [0.05, 0.1) is 12.9 Å². The van der Waals surface area contributed by atoms with E-state index in [-0.39, 0.29) is 6.61 Å². The lowest BCUT2D eigenvalue weighted by molar-refractivity contribution is 0.310. The molecule has 0 fully saturated rings. The Bertz CT molecular complexity index is 412. The highest BCUT2D eigenvalue weighted by Gasteiger charge is 2.09. The number of pyridine rings is 1. The first-order valence-electron chi connectivity index (χ1n) is 3.52. The maximum Gasteiger partial charge on any atom is 0.264 e. The van der Waals surface area contributed by atoms with E-state index in [2.05, 4.69) is 41.0 Å². The zero-order valence-electron chi connectivity index (χ0n) is 7.20. The second-order valence-electron chi connectivity index (χ2n) is 2.55. The highest BCUT2D eigenvalue weighted by Crippen LogP contribution is 2.24. The fourth-order valence-corrected chi connectivity index (χ4v) is 2.23. The molecular formula is C7H7Br2NO3S. The van der Waals surface area contributed by atoms with Gasteiger partial charge in [0.1, 0.15) is 0 Å². The number of nitrogens with zero attached hydrogens (tertiary/aromatic N) is 1. The van der Waals surface area contributed by atoms with Crippen molar-refractivity contribution in [1.82, 2.24) is 4.98 Å². The molecule has 0 aliphatic rings. The molecule has 1 aromatic heterocycles. The average molecular weight is 345 g/mol. The van der Waals surface area contributed by atoms with Crippen LogP contribution >= 0.6 is 31.9 Å². The van der Waals surface area contributed by atoms with Crippen molar-refractivity contribution in [3.63, 3.8) is 0 Å². The van der Waals surface area contributed by atoms with Gasteiger partial charge in [0, 0.05) is 26.9 Å². The number of hydrogen-bond donors (Lipinski definition) is 0. The predicted molar refractivity (Wildman–Crippen MR) is 59.3 cm³/mol. The summed E-state index contributed by atoms with van der Waals surface area (Å²) < 4.78 is 27.6. The van der Waals surface area contributed by atoms with Crippen LogP contribution in [0, 0.1) is 0 Å². The average Bonchev–Trinajstić information content (AvgIpc) is 2.01. The third kappa shape index (κ3) is 3.64. The summed E-state index contributed by atoms with van der Waals surface area (Å²) in [6, 6.07) is 0. The van der Waals surface area contributed by atoms with Crippen LogP contribution in [0.15, 0.2) is 21.3 Å². The standard InChI is InChI=1S/C7H7Br2NO3S/c1-14(11,12)13-4-5-6(8)2-10-3-7(5)9/h2-3H,4H2,1H3. The van der Waals surface area contributed by atoms with Gasteiger partial charge >= 0.3 is 0 Å². The molecule has 1 rings (SSSR count). The van der Waals surface area contributed by atoms with E-state index in [0.29, 0.717) is 14.5 Å². The summed E-state index contributed by atoms with van der Waals surface area (Å²) in [6.07, 6.45) is 4.16. The molecule has 7 heteroatoms. The highest BCUT2D eigenvalue weighted by molar-refractivity contribution is 9.11. The molecule has 0 N–H and O–H groups in total. The van der Waals surface area contributed by atoms with Gasteiger partial charge < -0.3 is 0 Å². The van der Waals surface area contributed by atoms with E-state index in [1.165, 1.54) is 0 Å². The molecule has 78 valence electrons. The van der Waals surface area contributed by atoms with Crippen molar-refractivity contribution in [1.29, 1.82) is 0 Å². The van der Waals surface area contributed by atoms with Gasteiger partial charge in [-0.15, -0.1) is 0 Å². The molecule has 0 aromatic carbocycles. The molecule has 0 spiro atoms. The first-order valence-corrected chi connectivity index (χ1v) is 6.92. The van der Waals surface area contributed by atoms with Gasteiger partial charge in [0.25, 0.3) is 10.1 Å². The second-order valence-corrected chi connectivity index (χ2v) is 5.90. The second kappa shape index (κ2) is 4.69. The maximum absolute atomic E-state index is 10.8. The minimum absolute atomic E-state index is 0.0114. The summed E-state index contributed by atoms with van der Waals surface area (Å²) in [5, 5.41) is 0. The van der Waals surface area contributed by atoms with Crippen molar-refractivity contribution >= 4 is 42.0 Å². The Morgan fingerprint density at radius 2 is 1.86 bits per heavy atom. The third-order valence-electron chi connectivity index (χ3n) is 1.37. The van der Waals surface area contributed by atoms with Crippen LogP contribution in [0.2, 0.25) is 0 Å². The lowest BCUT2D eigenvalue weighted by atomic mass is 10.3. The van der Waals surface area contributed by atoms with E-state index in [4.69, 9.17) is 0 Å². The molecule has 0 aliphatic carbocycles. The Morgan fingerprint density at radius 3 is 2.29 bits per heavy atom. The molecule has 0 amide bonds. The third-order valence-corrected chi connectivity index (χ3v) is 3.28. The van der Waals surface area contributed by atoms with Crippen molar-refractivity contribution in [2.24, 2.45) is 0 Å². The van der Waals surface area contributed by atoms with Crippen molar-refractivity contribution in [3.05, 3.63) is 26.9 Å². The van der Waals surface area contributed by atoms with Crippen LogP contribution in [0.4, 0.5) is 0 Å². The van der Waals surface area contributed by atoms with E-state index >= 15 is 0 Å². The topological polar surface area (TPSA) is 56.3 Å². The van der Waals surface area contributed by atoms with Gasteiger partial charge in [-0.2, -0.15) is 8.42 Å². The molecule has 0 saturated carbocycles. The Morgan fingerprint density at radius 1 is 1.36 bits per heavy atom. The van der Waals surface area contributed by atoms with Crippen LogP contribution in [-0.2, 0) is 20.9 Å². The quantitative estimate of drug-likeness (QED) is 0.788. The van der Waals surface area contributed by atoms with Crippen LogP contribution in [0.25, 0.3) is 0 Å². The van der Waals surface area contributed by atoms with Crippen LogP contribution in [-0.4, -0.2) is 19.7 Å². The van der Waals surface area contributed by atoms with E-state index in [1.807, 2.05) is 0 Å². The zero-order chi connectivity index (χ0) is 10.8. The molecule has 1 heterocycles. The minimum atomic E-state index is -3.42. The van der Waals surface area contributed by atoms with Crippen molar-refractivity contribution in [3.8, 4) is 0 Å². The van der Waals surface area contributed by atoms with Crippen LogP contribution in [0.3, 0.4) is 0 Å². The summed E-state index contributed by atoms with van der Waals surface area (Å²) >= 11 is 6.50. The Balaban J connectivity index is 2.87. The first kappa shape index (κ1) is 12.1. The SMILES string of the molecule is CS(=O)(=O)OCc1c(Br)cncc1Br. The molecule has 0 saturated heterocycles. The highest BCUT2D eigenvalue weighted by atomic mass is 79.9. The molecule has 0 atom stereocenters. The summed E-state index contributed by atoms with van der Waals surface area (Å²) in [7, 11) is -3.42. The molecule has 0 unspecified atom stereocenters. The summed E-state index contributed by atoms with van der Waals surface area (Å²) in [5.74, 6) is 0. The first-order chi connectivity index (χ1) is 6.40. The Hall–Kier alpha value is 0.0200. The Labute approximate surface area is 99.1 Å². The zero-order valence-corrected chi connectivity index (χ0v) is 11.2. The van der Waals surface area contributed by atoms with Gasteiger partial charge in [0.2, 0.25) is 0 Å². The molecule has 0 radical (unpaired) electrons. The lowest BCUT2D eigenvalue weighted by Gasteiger charge is -2.05. The fraction of sp³-hybridized carbons (Fsp3) is 0.286. The number of hydrogen-bond acceptors (Lipinski definition) is 4. The van der Waals surface area contributed by atoms with E-state index in [0.717, 1.165) is 6.26 Å². The number of rotatable bonds is 3. The molecule has 0 aliphatic heterocycles. The van der Waals surface area contributed by atoms with Gasteiger partial charge in [-0.25, -0.2) is 0 Å². The lowest BCUT2D eigenvalue weighted by Crippen LogP contribution is -2.03. The van der Waals surface area contributed by atoms with Gasteiger partial charge in [-0.05, 0) is 31.9 Å². The predicted octanol–water partition coefficient (Wildman–Crippen LogP) is 2.08. The van der Waals surface area contributed by atoms with Crippen molar-refractivity contribution in [2.45, 2.75) is 6.61 Å². The van der Waals surface area contributed by atoms with E-state index in [9.17, 15) is 8.42 Å². The number of halogens is 2. The molecule has 14 heavy (non-hydrogen) atoms. The van der Waals surface area contributed by atoms with Crippen LogP contribution in [0.5, 0.6) is 0 Å². The summed E-state index contributed by atoms with van der Waals surface area (Å²) in [6.45, 7) is -0.0114. The van der Waals surface area contributed by atoms with Gasteiger partial charge in [0.15, 0.2) is 0 Å². The smallest absolute Gasteiger partial charge is 0.264 e. The van der Waals surface area contributed by atoms with Gasteiger partial charge in [-0.1, -0.05) is 0 Å². The fourth-order valence-electron chi connectivity index (χ4n) is 0.742. The van der Waals surface area contributed by atoms with Crippen molar-refractivity contribution in [2.75, 3.05) is 6.26 Å². The molecule has 0 bridgehead atoms. The summed E-state index contributed by atoms with van der Waals surface area (Å²) in [5.41, 5.74) is 0.713. The van der Waals surface area contributed by atoms with Gasteiger partial charge in [-0.3, -0.25) is 9.17 Å². The Kier molecular flexibility index (Phi) is 4.05. The molecule has 1 aromatic rings. The van der Waals surface area contributed by atoms with E-state index in [1.54, 1.807) is 12.4 Å². The molecular weight excluding hydrogens is 338 g/mol. The van der Waals surface area contributed by atoms with Crippen LogP contribution in [0.1, 0.15) is 5.56 Å². The maximum atomic E-state index is 10.8.